The minimum Gasteiger partial charge on any atom is -0.381 e. The van der Waals surface area contributed by atoms with Gasteiger partial charge in [-0.1, -0.05) is 12.1 Å². The van der Waals surface area contributed by atoms with Gasteiger partial charge in [-0.05, 0) is 12.1 Å². The smallest absolute Gasteiger partial charge is 0.166 e. The van der Waals surface area contributed by atoms with Crippen LogP contribution in [0.3, 0.4) is 0 Å². The lowest BCUT2D eigenvalue weighted by Crippen LogP contribution is -2.01. The molecular weight excluding hydrogens is 178 g/mol. The zero-order valence-electron chi connectivity index (χ0n) is 7.25. The van der Waals surface area contributed by atoms with Gasteiger partial charge in [0.2, 0.25) is 0 Å². The van der Waals surface area contributed by atoms with Crippen LogP contribution in [0.2, 0.25) is 0 Å². The first kappa shape index (κ1) is 8.26. The maximum absolute atomic E-state index is 8.84. The highest BCUT2D eigenvalue weighted by Gasteiger charge is 2.04. The van der Waals surface area contributed by atoms with Crippen LogP contribution in [-0.4, -0.2) is 15.0 Å². The van der Waals surface area contributed by atoms with Crippen LogP contribution in [-0.2, 0) is 0 Å². The second-order valence-electron chi connectivity index (χ2n) is 2.69. The van der Waals surface area contributed by atoms with Gasteiger partial charge >= 0.3 is 0 Å². The van der Waals surface area contributed by atoms with E-state index in [0.29, 0.717) is 17.1 Å². The topological polar surface area (TPSA) is 80.5 Å². The lowest BCUT2D eigenvalue weighted by molar-refractivity contribution is 0.752. The van der Waals surface area contributed by atoms with Crippen LogP contribution in [0.5, 0.6) is 0 Å². The molecule has 0 aliphatic heterocycles. The van der Waals surface area contributed by atoms with Crippen LogP contribution in [0.25, 0.3) is 5.69 Å². The van der Waals surface area contributed by atoms with Gasteiger partial charge in [-0.3, -0.25) is 0 Å². The average Bonchev–Trinajstić information content (AvgIpc) is 2.65. The van der Waals surface area contributed by atoms with E-state index in [9.17, 15) is 0 Å². The third-order valence-electron chi connectivity index (χ3n) is 1.75. The Labute approximate surface area is 80.4 Å². The fourth-order valence-corrected chi connectivity index (χ4v) is 1.13. The summed E-state index contributed by atoms with van der Waals surface area (Å²) in [5.74, 6) is 0.331. The third kappa shape index (κ3) is 1.29. The van der Waals surface area contributed by atoms with Gasteiger partial charge in [0, 0.05) is 0 Å². The van der Waals surface area contributed by atoms with E-state index in [4.69, 9.17) is 11.0 Å². The van der Waals surface area contributed by atoms with Gasteiger partial charge in [-0.2, -0.15) is 10.4 Å². The maximum Gasteiger partial charge on any atom is 0.166 e. The predicted octanol–water partition coefficient (Wildman–Crippen LogP) is 0.721. The molecular formula is C9H7N5. The molecule has 0 aliphatic rings. The van der Waals surface area contributed by atoms with Gasteiger partial charge in [-0.25, -0.2) is 0 Å². The van der Waals surface area contributed by atoms with Crippen molar-refractivity contribution in [3.05, 3.63) is 36.0 Å². The SMILES string of the molecule is N#Cc1ccccc1-n1ncc(N)n1. The van der Waals surface area contributed by atoms with E-state index in [1.54, 1.807) is 18.2 Å². The van der Waals surface area contributed by atoms with Crippen molar-refractivity contribution in [3.8, 4) is 11.8 Å². The highest BCUT2D eigenvalue weighted by atomic mass is 15.5. The summed E-state index contributed by atoms with van der Waals surface area (Å²) in [6.07, 6.45) is 1.44. The molecule has 14 heavy (non-hydrogen) atoms. The van der Waals surface area contributed by atoms with E-state index in [2.05, 4.69) is 16.3 Å². The van der Waals surface area contributed by atoms with Gasteiger partial charge in [0.25, 0.3) is 0 Å². The Morgan fingerprint density at radius 2 is 2.14 bits per heavy atom. The van der Waals surface area contributed by atoms with Gasteiger partial charge in [0.1, 0.15) is 11.8 Å². The number of nitrogens with zero attached hydrogens (tertiary/aromatic N) is 4. The van der Waals surface area contributed by atoms with E-state index in [1.807, 2.05) is 6.07 Å². The number of nitriles is 1. The summed E-state index contributed by atoms with van der Waals surface area (Å²) in [7, 11) is 0. The molecule has 0 atom stereocenters. The van der Waals surface area contributed by atoms with E-state index >= 15 is 0 Å². The monoisotopic (exact) mass is 185 g/mol. The number of benzene rings is 1. The zero-order chi connectivity index (χ0) is 9.97. The van der Waals surface area contributed by atoms with Crippen LogP contribution >= 0.6 is 0 Å². The van der Waals surface area contributed by atoms with Gasteiger partial charge < -0.3 is 5.73 Å². The largest absolute Gasteiger partial charge is 0.381 e. The van der Waals surface area contributed by atoms with Crippen molar-refractivity contribution < 1.29 is 0 Å². The molecule has 0 spiro atoms. The second-order valence-corrected chi connectivity index (χ2v) is 2.69. The molecule has 2 N–H and O–H groups in total. The maximum atomic E-state index is 8.84. The van der Waals surface area contributed by atoms with Crippen molar-refractivity contribution in [3.63, 3.8) is 0 Å². The highest BCUT2D eigenvalue weighted by molar-refractivity contribution is 5.47. The van der Waals surface area contributed by atoms with Crippen molar-refractivity contribution in [1.82, 2.24) is 15.0 Å². The minimum absolute atomic E-state index is 0.331. The Hall–Kier alpha value is -2.35. The molecule has 0 bridgehead atoms. The number of nitrogen functional groups attached to an aromatic ring is 1. The number of aromatic nitrogens is 3. The fourth-order valence-electron chi connectivity index (χ4n) is 1.13. The van der Waals surface area contributed by atoms with E-state index in [0.717, 1.165) is 0 Å². The molecule has 68 valence electrons. The number of hydrogen-bond donors (Lipinski definition) is 1. The number of rotatable bonds is 1. The van der Waals surface area contributed by atoms with E-state index in [1.165, 1.54) is 11.0 Å². The van der Waals surface area contributed by atoms with Crippen LogP contribution in [0.15, 0.2) is 30.5 Å². The lowest BCUT2D eigenvalue weighted by atomic mass is 10.2. The number of hydrogen-bond acceptors (Lipinski definition) is 4. The molecule has 5 nitrogen and oxygen atoms in total. The number of anilines is 1. The fraction of sp³-hybridized carbons (Fsp3) is 0. The molecule has 1 aromatic heterocycles. The van der Waals surface area contributed by atoms with Crippen LogP contribution in [0.4, 0.5) is 5.82 Å². The Balaban J connectivity index is 2.57. The average molecular weight is 185 g/mol. The molecule has 0 unspecified atom stereocenters. The van der Waals surface area contributed by atoms with Crippen molar-refractivity contribution in [2.45, 2.75) is 0 Å². The third-order valence-corrected chi connectivity index (χ3v) is 1.75. The van der Waals surface area contributed by atoms with Gasteiger partial charge in [0.15, 0.2) is 5.82 Å². The van der Waals surface area contributed by atoms with Crippen LogP contribution < -0.4 is 5.73 Å². The molecule has 0 radical (unpaired) electrons. The van der Waals surface area contributed by atoms with Gasteiger partial charge in [-0.15, -0.1) is 9.90 Å². The molecule has 1 heterocycles. The zero-order valence-corrected chi connectivity index (χ0v) is 7.25. The first-order valence-electron chi connectivity index (χ1n) is 3.98. The summed E-state index contributed by atoms with van der Waals surface area (Å²) in [6.45, 7) is 0. The second kappa shape index (κ2) is 3.18. The summed E-state index contributed by atoms with van der Waals surface area (Å²) < 4.78 is 0. The van der Waals surface area contributed by atoms with Crippen molar-refractivity contribution in [2.75, 3.05) is 5.73 Å². The van der Waals surface area contributed by atoms with E-state index in [-0.39, 0.29) is 0 Å². The molecule has 5 heteroatoms. The summed E-state index contributed by atoms with van der Waals surface area (Å²) >= 11 is 0. The van der Waals surface area contributed by atoms with Crippen molar-refractivity contribution in [1.29, 1.82) is 5.26 Å². The standard InChI is InChI=1S/C9H7N5/c10-5-7-3-1-2-4-8(7)14-12-6-9(11)13-14/h1-4,6H,(H2,11,13). The van der Waals surface area contributed by atoms with Gasteiger partial charge in [0.05, 0.1) is 11.8 Å². The van der Waals surface area contributed by atoms with Crippen molar-refractivity contribution in [2.24, 2.45) is 0 Å². The Morgan fingerprint density at radius 1 is 1.36 bits per heavy atom. The molecule has 0 fully saturated rings. The number of para-hydroxylation sites is 1. The molecule has 0 amide bonds. The summed E-state index contributed by atoms with van der Waals surface area (Å²) in [5, 5.41) is 16.7. The Morgan fingerprint density at radius 3 is 2.79 bits per heavy atom. The van der Waals surface area contributed by atoms with E-state index < -0.39 is 0 Å². The summed E-state index contributed by atoms with van der Waals surface area (Å²) in [5.41, 5.74) is 6.58. The molecule has 0 aliphatic carbocycles. The quantitative estimate of drug-likeness (QED) is 0.709. The first-order chi connectivity index (χ1) is 6.81. The molecule has 1 aromatic carbocycles. The Bertz CT molecular complexity index is 494. The summed E-state index contributed by atoms with van der Waals surface area (Å²) in [4.78, 5) is 1.34. The normalized spacial score (nSPS) is 9.64. The Kier molecular flexibility index (Phi) is 1.88. The first-order valence-corrected chi connectivity index (χ1v) is 3.98. The van der Waals surface area contributed by atoms with Crippen LogP contribution in [0, 0.1) is 11.3 Å². The molecule has 2 rings (SSSR count). The minimum atomic E-state index is 0.331. The lowest BCUT2D eigenvalue weighted by Gasteiger charge is -2.00. The number of nitrogens with two attached hydrogens (primary N) is 1. The molecule has 0 saturated heterocycles. The molecule has 0 saturated carbocycles. The van der Waals surface area contributed by atoms with Crippen molar-refractivity contribution >= 4 is 5.82 Å². The van der Waals surface area contributed by atoms with Crippen LogP contribution in [0.1, 0.15) is 5.56 Å². The summed E-state index contributed by atoms with van der Waals surface area (Å²) in [6, 6.07) is 9.13. The predicted molar refractivity (Wildman–Crippen MR) is 50.5 cm³/mol. The highest BCUT2D eigenvalue weighted by Crippen LogP contribution is 2.11. The molecule has 2 aromatic rings.